The lowest BCUT2D eigenvalue weighted by Crippen LogP contribution is -2.47. The predicted octanol–water partition coefficient (Wildman–Crippen LogP) is 3.90. The number of amides is 1. The van der Waals surface area contributed by atoms with E-state index in [4.69, 9.17) is 5.21 Å². The summed E-state index contributed by atoms with van der Waals surface area (Å²) in [7, 11) is 0. The smallest absolute Gasteiger partial charge is 0.267 e. The zero-order valence-corrected chi connectivity index (χ0v) is 15.4. The van der Waals surface area contributed by atoms with Crippen molar-refractivity contribution in [2.45, 2.75) is 51.5 Å². The Kier molecular flexibility index (Phi) is 5.14. The van der Waals surface area contributed by atoms with Gasteiger partial charge in [-0.25, -0.2) is 5.48 Å². The lowest BCUT2D eigenvalue weighted by Gasteiger charge is -2.57. The largest absolute Gasteiger partial charge is 0.313 e. The van der Waals surface area contributed by atoms with Crippen molar-refractivity contribution in [3.8, 4) is 0 Å². The summed E-state index contributed by atoms with van der Waals surface area (Å²) in [6, 6.07) is 8.18. The first-order chi connectivity index (χ1) is 12.6. The molecule has 4 bridgehead atoms. The first-order valence-electron chi connectivity index (χ1n) is 10.1. The fourth-order valence-electron chi connectivity index (χ4n) is 6.14. The Hall–Kier alpha value is -1.65. The van der Waals surface area contributed by atoms with Gasteiger partial charge in [0.05, 0.1) is 0 Å². The Morgan fingerprint density at radius 1 is 1.08 bits per heavy atom. The standard InChI is InChI=1S/C22H30N2O2/c25-21(24-26)6-5-16-1-3-17(4-2-16)15-23-8-7-22-12-18-9-19(13-22)11-20(10-18)14-22/h1-6,18-20,23,26H,7-15H2,(H,24,25). The average molecular weight is 354 g/mol. The van der Waals surface area contributed by atoms with Crippen LogP contribution in [0.5, 0.6) is 0 Å². The minimum atomic E-state index is -0.514. The molecule has 4 aliphatic rings. The molecule has 140 valence electrons. The van der Waals surface area contributed by atoms with Crippen molar-refractivity contribution in [2.75, 3.05) is 6.54 Å². The molecule has 1 aromatic carbocycles. The Labute approximate surface area is 156 Å². The summed E-state index contributed by atoms with van der Waals surface area (Å²) in [6.07, 6.45) is 13.4. The highest BCUT2D eigenvalue weighted by atomic mass is 16.5. The van der Waals surface area contributed by atoms with Crippen molar-refractivity contribution < 1.29 is 10.0 Å². The SMILES string of the molecule is O=C(C=Cc1ccc(CNCCC23CC4CC(CC(C4)C2)C3)cc1)NO. The van der Waals surface area contributed by atoms with E-state index in [1.807, 2.05) is 12.1 Å². The molecule has 4 fully saturated rings. The number of carbonyl (C=O) groups is 1. The first kappa shape index (κ1) is 17.7. The molecule has 4 aliphatic carbocycles. The van der Waals surface area contributed by atoms with Crippen molar-refractivity contribution in [2.24, 2.45) is 23.2 Å². The molecule has 3 N–H and O–H groups in total. The van der Waals surface area contributed by atoms with Gasteiger partial charge in [-0.15, -0.1) is 0 Å². The van der Waals surface area contributed by atoms with Gasteiger partial charge in [-0.05, 0) is 91.9 Å². The summed E-state index contributed by atoms with van der Waals surface area (Å²) in [4.78, 5) is 11.0. The van der Waals surface area contributed by atoms with Gasteiger partial charge in [-0.1, -0.05) is 24.3 Å². The molecule has 0 aliphatic heterocycles. The summed E-state index contributed by atoms with van der Waals surface area (Å²) in [5.41, 5.74) is 4.46. The van der Waals surface area contributed by atoms with Crippen LogP contribution in [0.2, 0.25) is 0 Å². The Morgan fingerprint density at radius 2 is 1.69 bits per heavy atom. The Bertz CT molecular complexity index is 630. The van der Waals surface area contributed by atoms with Crippen LogP contribution in [0.4, 0.5) is 0 Å². The average Bonchev–Trinajstić information content (AvgIpc) is 2.63. The molecule has 0 heterocycles. The molecule has 0 aromatic heterocycles. The van der Waals surface area contributed by atoms with Crippen LogP contribution in [0.1, 0.15) is 56.1 Å². The van der Waals surface area contributed by atoms with Gasteiger partial charge >= 0.3 is 0 Å². The summed E-state index contributed by atoms with van der Waals surface area (Å²) in [6.45, 7) is 2.01. The normalized spacial score (nSPS) is 32.3. The predicted molar refractivity (Wildman–Crippen MR) is 102 cm³/mol. The maximum absolute atomic E-state index is 11.0. The summed E-state index contributed by atoms with van der Waals surface area (Å²) in [5, 5.41) is 12.1. The molecule has 0 spiro atoms. The molecule has 4 nitrogen and oxygen atoms in total. The van der Waals surface area contributed by atoms with E-state index in [1.54, 1.807) is 11.6 Å². The van der Waals surface area contributed by atoms with Gasteiger partial charge in [0.15, 0.2) is 0 Å². The summed E-state index contributed by atoms with van der Waals surface area (Å²) >= 11 is 0. The van der Waals surface area contributed by atoms with E-state index in [1.165, 1.54) is 56.6 Å². The quantitative estimate of drug-likeness (QED) is 0.301. The highest BCUT2D eigenvalue weighted by molar-refractivity contribution is 5.90. The number of rotatable bonds is 7. The van der Waals surface area contributed by atoms with Gasteiger partial charge in [-0.2, -0.15) is 0 Å². The second kappa shape index (κ2) is 7.53. The highest BCUT2D eigenvalue weighted by Crippen LogP contribution is 2.61. The Balaban J connectivity index is 1.23. The second-order valence-electron chi connectivity index (χ2n) is 8.90. The van der Waals surface area contributed by atoms with E-state index in [9.17, 15) is 4.79 Å². The van der Waals surface area contributed by atoms with E-state index in [0.29, 0.717) is 5.41 Å². The van der Waals surface area contributed by atoms with E-state index in [0.717, 1.165) is 36.4 Å². The van der Waals surface area contributed by atoms with Crippen LogP contribution < -0.4 is 10.8 Å². The molecule has 0 atom stereocenters. The molecule has 4 heteroatoms. The third-order valence-corrected chi connectivity index (χ3v) is 6.84. The van der Waals surface area contributed by atoms with Gasteiger partial charge in [0.2, 0.25) is 0 Å². The van der Waals surface area contributed by atoms with Gasteiger partial charge < -0.3 is 5.32 Å². The van der Waals surface area contributed by atoms with Crippen molar-refractivity contribution in [3.05, 3.63) is 41.5 Å². The molecule has 0 saturated heterocycles. The Morgan fingerprint density at radius 3 is 2.27 bits per heavy atom. The number of hydrogen-bond acceptors (Lipinski definition) is 3. The molecular formula is C22H30N2O2. The van der Waals surface area contributed by atoms with Gasteiger partial charge in [0, 0.05) is 12.6 Å². The number of nitrogens with one attached hydrogen (secondary N) is 2. The van der Waals surface area contributed by atoms with Crippen molar-refractivity contribution >= 4 is 12.0 Å². The summed E-state index contributed by atoms with van der Waals surface area (Å²) < 4.78 is 0. The lowest BCUT2D eigenvalue weighted by atomic mass is 9.49. The molecule has 5 rings (SSSR count). The van der Waals surface area contributed by atoms with Crippen molar-refractivity contribution in [1.29, 1.82) is 0 Å². The number of hydroxylamine groups is 1. The molecule has 0 radical (unpaired) electrons. The molecule has 0 unspecified atom stereocenters. The maximum atomic E-state index is 11.0. The van der Waals surface area contributed by atoms with Crippen molar-refractivity contribution in [1.82, 2.24) is 10.8 Å². The summed E-state index contributed by atoms with van der Waals surface area (Å²) in [5.74, 6) is 2.60. The van der Waals surface area contributed by atoms with Gasteiger partial charge in [-0.3, -0.25) is 10.0 Å². The third-order valence-electron chi connectivity index (χ3n) is 6.84. The number of carbonyl (C=O) groups excluding carboxylic acids is 1. The third kappa shape index (κ3) is 4.02. The van der Waals surface area contributed by atoms with Crippen LogP contribution in [0.3, 0.4) is 0 Å². The highest BCUT2D eigenvalue weighted by Gasteiger charge is 2.50. The fourth-order valence-corrected chi connectivity index (χ4v) is 6.14. The molecule has 1 amide bonds. The fraction of sp³-hybridized carbons (Fsp3) is 0.591. The van der Waals surface area contributed by atoms with Crippen molar-refractivity contribution in [3.63, 3.8) is 0 Å². The minimum Gasteiger partial charge on any atom is -0.313 e. The van der Waals surface area contributed by atoms with E-state index in [-0.39, 0.29) is 0 Å². The van der Waals surface area contributed by atoms with Gasteiger partial charge in [0.1, 0.15) is 0 Å². The topological polar surface area (TPSA) is 61.4 Å². The second-order valence-corrected chi connectivity index (χ2v) is 8.90. The number of benzene rings is 1. The van der Waals surface area contributed by atoms with Crippen LogP contribution in [0.25, 0.3) is 6.08 Å². The molecule has 26 heavy (non-hydrogen) atoms. The van der Waals surface area contributed by atoms with Gasteiger partial charge in [0.25, 0.3) is 5.91 Å². The zero-order chi connectivity index (χ0) is 18.0. The van der Waals surface area contributed by atoms with E-state index < -0.39 is 5.91 Å². The maximum Gasteiger partial charge on any atom is 0.267 e. The van der Waals surface area contributed by atoms with Crippen LogP contribution in [0.15, 0.2) is 30.3 Å². The monoisotopic (exact) mass is 354 g/mol. The van der Waals surface area contributed by atoms with E-state index >= 15 is 0 Å². The number of hydrogen-bond donors (Lipinski definition) is 3. The van der Waals surface area contributed by atoms with Crippen LogP contribution >= 0.6 is 0 Å². The lowest BCUT2D eigenvalue weighted by molar-refractivity contribution is -0.124. The van der Waals surface area contributed by atoms with Crippen LogP contribution in [-0.4, -0.2) is 17.7 Å². The molecule has 4 saturated carbocycles. The zero-order valence-electron chi connectivity index (χ0n) is 15.4. The van der Waals surface area contributed by atoms with Crippen LogP contribution in [0, 0.1) is 23.2 Å². The first-order valence-corrected chi connectivity index (χ1v) is 10.1. The molecule has 1 aromatic rings. The molecular weight excluding hydrogens is 324 g/mol. The van der Waals surface area contributed by atoms with E-state index in [2.05, 4.69) is 17.4 Å². The van der Waals surface area contributed by atoms with Crippen LogP contribution in [-0.2, 0) is 11.3 Å². The minimum absolute atomic E-state index is 0.514.